The van der Waals surface area contributed by atoms with Crippen LogP contribution in [0.1, 0.15) is 18.1 Å². The number of benzene rings is 3. The Hall–Kier alpha value is -3.80. The van der Waals surface area contributed by atoms with Gasteiger partial charge in [-0.15, -0.1) is 0 Å². The summed E-state index contributed by atoms with van der Waals surface area (Å²) in [5.41, 5.74) is 4.60. The van der Waals surface area contributed by atoms with Crippen molar-refractivity contribution in [2.24, 2.45) is 4.99 Å². The highest BCUT2D eigenvalue weighted by atomic mass is 16.5. The minimum absolute atomic E-state index is 0.218. The van der Waals surface area contributed by atoms with Crippen LogP contribution in [0.25, 0.3) is 0 Å². The molecule has 0 bridgehead atoms. The number of hydrogen-bond donors (Lipinski definition) is 1. The second-order valence-corrected chi connectivity index (χ2v) is 7.09. The zero-order valence-corrected chi connectivity index (χ0v) is 16.9. The molecule has 4 rings (SSSR count). The van der Waals surface area contributed by atoms with E-state index in [9.17, 15) is 4.79 Å². The maximum absolute atomic E-state index is 13.2. The van der Waals surface area contributed by atoms with Gasteiger partial charge < -0.3 is 9.47 Å². The van der Waals surface area contributed by atoms with Crippen molar-refractivity contribution in [2.45, 2.75) is 19.1 Å². The number of anilines is 1. The Bertz CT molecular complexity index is 1040. The van der Waals surface area contributed by atoms with Gasteiger partial charge in [0.1, 0.15) is 12.4 Å². The summed E-state index contributed by atoms with van der Waals surface area (Å²) >= 11 is 0. The van der Waals surface area contributed by atoms with Crippen LogP contribution in [-0.2, 0) is 21.7 Å². The highest BCUT2D eigenvalue weighted by molar-refractivity contribution is 6.06. The molecular weight excluding hydrogens is 378 g/mol. The van der Waals surface area contributed by atoms with Crippen molar-refractivity contribution in [3.63, 3.8) is 0 Å². The molecular formula is C24H23N3O3. The van der Waals surface area contributed by atoms with Crippen molar-refractivity contribution >= 4 is 17.6 Å². The lowest BCUT2D eigenvalue weighted by Crippen LogP contribution is -2.43. The van der Waals surface area contributed by atoms with Gasteiger partial charge in [-0.3, -0.25) is 10.2 Å². The van der Waals surface area contributed by atoms with Crippen molar-refractivity contribution in [1.29, 1.82) is 0 Å². The Balaban J connectivity index is 1.51. The first-order valence-electron chi connectivity index (χ1n) is 9.67. The summed E-state index contributed by atoms with van der Waals surface area (Å²) in [7, 11) is 1.50. The molecule has 3 aromatic carbocycles. The molecule has 0 aliphatic carbocycles. The van der Waals surface area contributed by atoms with E-state index in [1.165, 1.54) is 12.1 Å². The number of nitrogens with one attached hydrogen (secondary N) is 1. The Kier molecular flexibility index (Phi) is 5.39. The van der Waals surface area contributed by atoms with Crippen LogP contribution in [0.3, 0.4) is 0 Å². The molecule has 1 N–H and O–H groups in total. The summed E-state index contributed by atoms with van der Waals surface area (Å²) in [4.78, 5) is 17.8. The fourth-order valence-corrected chi connectivity index (χ4v) is 3.28. The van der Waals surface area contributed by atoms with Crippen LogP contribution in [0.15, 0.2) is 89.9 Å². The molecule has 6 nitrogen and oxygen atoms in total. The summed E-state index contributed by atoms with van der Waals surface area (Å²) in [5.74, 6) is 0.507. The van der Waals surface area contributed by atoms with Crippen molar-refractivity contribution < 1.29 is 14.3 Å². The molecule has 0 spiro atoms. The summed E-state index contributed by atoms with van der Waals surface area (Å²) in [6.07, 6.45) is 0. The molecule has 6 heteroatoms. The van der Waals surface area contributed by atoms with Gasteiger partial charge in [0.25, 0.3) is 5.91 Å². The van der Waals surface area contributed by atoms with E-state index in [2.05, 4.69) is 10.4 Å². The largest absolute Gasteiger partial charge is 0.489 e. The quantitative estimate of drug-likeness (QED) is 0.667. The van der Waals surface area contributed by atoms with E-state index in [1.54, 1.807) is 6.92 Å². The molecule has 1 amide bonds. The number of nitrogens with zero attached hydrogens (tertiary/aromatic N) is 2. The van der Waals surface area contributed by atoms with Crippen molar-refractivity contribution in [3.8, 4) is 5.75 Å². The topological polar surface area (TPSA) is 63.2 Å². The van der Waals surface area contributed by atoms with Gasteiger partial charge in [0.15, 0.2) is 5.54 Å². The third kappa shape index (κ3) is 3.85. The van der Waals surface area contributed by atoms with Crippen LogP contribution in [0, 0.1) is 0 Å². The maximum atomic E-state index is 13.2. The highest BCUT2D eigenvalue weighted by Gasteiger charge is 2.47. The number of aliphatic imine (C=N–C) groups is 1. The predicted molar refractivity (Wildman–Crippen MR) is 116 cm³/mol. The van der Waals surface area contributed by atoms with E-state index in [4.69, 9.17) is 9.47 Å². The third-order valence-corrected chi connectivity index (χ3v) is 4.99. The summed E-state index contributed by atoms with van der Waals surface area (Å²) in [6, 6.07) is 27.0. The number of para-hydroxylation sites is 1. The minimum Gasteiger partial charge on any atom is -0.489 e. The number of carbonyl (C=O) groups excluding carboxylic acids is 1. The van der Waals surface area contributed by atoms with E-state index in [-0.39, 0.29) is 11.9 Å². The Morgan fingerprint density at radius 2 is 1.57 bits per heavy atom. The van der Waals surface area contributed by atoms with Crippen LogP contribution in [-0.4, -0.2) is 24.0 Å². The molecule has 0 aromatic heterocycles. The predicted octanol–water partition coefficient (Wildman–Crippen LogP) is 4.35. The molecule has 1 atom stereocenters. The van der Waals surface area contributed by atoms with Gasteiger partial charge in [-0.1, -0.05) is 60.7 Å². The van der Waals surface area contributed by atoms with E-state index < -0.39 is 5.54 Å². The molecule has 0 saturated carbocycles. The number of amides is 1. The maximum Gasteiger partial charge on any atom is 0.315 e. The summed E-state index contributed by atoms with van der Waals surface area (Å²) in [5, 5.41) is 1.34. The van der Waals surface area contributed by atoms with Crippen LogP contribution in [0.2, 0.25) is 0 Å². The second-order valence-electron chi connectivity index (χ2n) is 7.09. The van der Waals surface area contributed by atoms with Gasteiger partial charge >= 0.3 is 6.02 Å². The number of amidine groups is 1. The van der Waals surface area contributed by atoms with E-state index in [1.807, 2.05) is 84.9 Å². The Morgan fingerprint density at radius 3 is 2.20 bits per heavy atom. The van der Waals surface area contributed by atoms with E-state index >= 15 is 0 Å². The molecule has 1 aliphatic rings. The lowest BCUT2D eigenvalue weighted by molar-refractivity contribution is -0.130. The SMILES string of the molecule is COC1=N[C@](C)(c2ccc(OCc3ccccc3)cc2)C(=O)N1Nc1ccccc1. The third-order valence-electron chi connectivity index (χ3n) is 4.99. The molecule has 3 aromatic rings. The molecule has 0 radical (unpaired) electrons. The number of rotatable bonds is 6. The summed E-state index contributed by atoms with van der Waals surface area (Å²) < 4.78 is 11.2. The zero-order chi connectivity index (χ0) is 21.0. The number of carbonyl (C=O) groups is 1. The first-order valence-corrected chi connectivity index (χ1v) is 9.67. The monoisotopic (exact) mass is 401 g/mol. The van der Waals surface area contributed by atoms with Crippen LogP contribution >= 0.6 is 0 Å². The zero-order valence-electron chi connectivity index (χ0n) is 16.9. The molecule has 152 valence electrons. The minimum atomic E-state index is -1.09. The van der Waals surface area contributed by atoms with Crippen LogP contribution in [0.4, 0.5) is 5.69 Å². The fourth-order valence-electron chi connectivity index (χ4n) is 3.28. The van der Waals surface area contributed by atoms with Gasteiger partial charge in [0, 0.05) is 0 Å². The standard InChI is InChI=1S/C24H23N3O3/c1-24(19-13-15-21(16-14-19)30-17-18-9-5-3-6-10-18)22(28)27(23(25-24)29-2)26-20-11-7-4-8-12-20/h3-16,26H,17H2,1-2H3/t24-/m1/s1. The molecule has 1 aliphatic heterocycles. The smallest absolute Gasteiger partial charge is 0.315 e. The molecule has 0 saturated heterocycles. The fraction of sp³-hybridized carbons (Fsp3) is 0.167. The molecule has 0 unspecified atom stereocenters. The number of hydrazine groups is 1. The normalized spacial score (nSPS) is 18.1. The average Bonchev–Trinajstić information content (AvgIpc) is 3.05. The molecule has 0 fully saturated rings. The van der Waals surface area contributed by atoms with Gasteiger partial charge in [0.2, 0.25) is 0 Å². The average molecular weight is 401 g/mol. The Morgan fingerprint density at radius 1 is 0.933 bits per heavy atom. The Labute approximate surface area is 175 Å². The van der Waals surface area contributed by atoms with Gasteiger partial charge in [-0.25, -0.2) is 4.99 Å². The molecule has 30 heavy (non-hydrogen) atoms. The molecule has 1 heterocycles. The van der Waals surface area contributed by atoms with Gasteiger partial charge in [-0.2, -0.15) is 5.01 Å². The number of ether oxygens (including phenoxy) is 2. The second kappa shape index (κ2) is 8.29. The van der Waals surface area contributed by atoms with Crippen LogP contribution < -0.4 is 10.2 Å². The number of methoxy groups -OCH3 is 1. The first kappa shape index (κ1) is 19.5. The highest BCUT2D eigenvalue weighted by Crippen LogP contribution is 2.34. The van der Waals surface area contributed by atoms with Crippen molar-refractivity contribution in [1.82, 2.24) is 5.01 Å². The lowest BCUT2D eigenvalue weighted by atomic mass is 9.92. The van der Waals surface area contributed by atoms with Crippen molar-refractivity contribution in [3.05, 3.63) is 96.1 Å². The van der Waals surface area contributed by atoms with E-state index in [0.717, 1.165) is 22.6 Å². The first-order chi connectivity index (χ1) is 14.6. The van der Waals surface area contributed by atoms with E-state index in [0.29, 0.717) is 6.61 Å². The lowest BCUT2D eigenvalue weighted by Gasteiger charge is -2.23. The van der Waals surface area contributed by atoms with Crippen LogP contribution in [0.5, 0.6) is 5.75 Å². The number of hydrogen-bond acceptors (Lipinski definition) is 5. The van der Waals surface area contributed by atoms with Gasteiger partial charge in [0.05, 0.1) is 12.8 Å². The van der Waals surface area contributed by atoms with Crippen molar-refractivity contribution in [2.75, 3.05) is 12.5 Å². The summed E-state index contributed by atoms with van der Waals surface area (Å²) in [6.45, 7) is 2.26. The van der Waals surface area contributed by atoms with Gasteiger partial charge in [-0.05, 0) is 42.3 Å².